The fourth-order valence-electron chi connectivity index (χ4n) is 4.67. The third kappa shape index (κ3) is 5.40. The first kappa shape index (κ1) is 25.4. The second-order valence-corrected chi connectivity index (χ2v) is 9.30. The number of aromatic nitrogens is 1. The van der Waals surface area contributed by atoms with E-state index in [0.29, 0.717) is 12.1 Å². The summed E-state index contributed by atoms with van der Waals surface area (Å²) in [6.45, 7) is 2.40. The minimum atomic E-state index is -0.965. The Morgan fingerprint density at radius 1 is 0.923 bits per heavy atom. The van der Waals surface area contributed by atoms with Crippen molar-refractivity contribution in [2.24, 2.45) is 0 Å². The van der Waals surface area contributed by atoms with Crippen molar-refractivity contribution in [3.05, 3.63) is 136 Å². The molecule has 1 amide bonds. The van der Waals surface area contributed by atoms with E-state index in [9.17, 15) is 24.8 Å². The van der Waals surface area contributed by atoms with Crippen LogP contribution < -0.4 is 5.32 Å². The highest BCUT2D eigenvalue weighted by Crippen LogP contribution is 2.27. The molecule has 5 aromatic rings. The van der Waals surface area contributed by atoms with Crippen molar-refractivity contribution in [1.82, 2.24) is 9.88 Å². The Kier molecular flexibility index (Phi) is 6.93. The quantitative estimate of drug-likeness (QED) is 0.181. The van der Waals surface area contributed by atoms with Gasteiger partial charge in [0, 0.05) is 41.3 Å². The van der Waals surface area contributed by atoms with Crippen LogP contribution in [0, 0.1) is 10.1 Å². The Hall–Kier alpha value is -5.24. The molecule has 0 bridgehead atoms. The Balaban J connectivity index is 1.35. The topological polar surface area (TPSA) is 114 Å². The van der Waals surface area contributed by atoms with Crippen LogP contribution in [0.1, 0.15) is 44.8 Å². The molecule has 194 valence electrons. The molecule has 1 unspecified atom stereocenters. The number of amides is 1. The first-order valence-corrected chi connectivity index (χ1v) is 12.4. The van der Waals surface area contributed by atoms with Gasteiger partial charge in [-0.2, -0.15) is 0 Å². The Labute approximate surface area is 224 Å². The third-order valence-corrected chi connectivity index (χ3v) is 6.76. The van der Waals surface area contributed by atoms with E-state index >= 15 is 0 Å². The number of benzene rings is 4. The molecule has 4 aromatic carbocycles. The normalized spacial score (nSPS) is 11.7. The largest absolute Gasteiger partial charge is 0.478 e. The number of rotatable bonds is 8. The summed E-state index contributed by atoms with van der Waals surface area (Å²) in [6.07, 6.45) is 1.97. The zero-order valence-corrected chi connectivity index (χ0v) is 21.1. The molecular weight excluding hydrogens is 494 g/mol. The summed E-state index contributed by atoms with van der Waals surface area (Å²) in [5, 5.41) is 24.1. The van der Waals surface area contributed by atoms with Gasteiger partial charge in [0.15, 0.2) is 0 Å². The van der Waals surface area contributed by atoms with Crippen LogP contribution in [0.5, 0.6) is 0 Å². The van der Waals surface area contributed by atoms with Crippen molar-refractivity contribution in [3.8, 4) is 11.1 Å². The molecule has 0 radical (unpaired) electrons. The number of aromatic carboxylic acids is 1. The monoisotopic (exact) mass is 519 g/mol. The second-order valence-electron chi connectivity index (χ2n) is 9.30. The van der Waals surface area contributed by atoms with Gasteiger partial charge in [-0.15, -0.1) is 0 Å². The molecule has 5 rings (SSSR count). The summed E-state index contributed by atoms with van der Waals surface area (Å²) < 4.78 is 2.09. The molecule has 0 fully saturated rings. The molecule has 8 nitrogen and oxygen atoms in total. The molecule has 2 N–H and O–H groups in total. The molecule has 0 aliphatic carbocycles. The van der Waals surface area contributed by atoms with Gasteiger partial charge in [0.2, 0.25) is 0 Å². The summed E-state index contributed by atoms with van der Waals surface area (Å²) in [6, 6.07) is 28.1. The van der Waals surface area contributed by atoms with Crippen molar-refractivity contribution >= 4 is 28.5 Å². The second kappa shape index (κ2) is 10.6. The molecule has 0 saturated heterocycles. The molecule has 1 aromatic heterocycles. The lowest BCUT2D eigenvalue weighted by Crippen LogP contribution is -2.26. The van der Waals surface area contributed by atoms with Crippen LogP contribution in [0.15, 0.2) is 103 Å². The summed E-state index contributed by atoms with van der Waals surface area (Å²) in [5.41, 5.74) is 5.32. The van der Waals surface area contributed by atoms with Gasteiger partial charge in [-0.05, 0) is 65.6 Å². The lowest BCUT2D eigenvalue weighted by atomic mass is 9.98. The van der Waals surface area contributed by atoms with Gasteiger partial charge in [-0.3, -0.25) is 14.9 Å². The summed E-state index contributed by atoms with van der Waals surface area (Å²) in [7, 11) is 0. The van der Waals surface area contributed by atoms with Crippen molar-refractivity contribution in [2.45, 2.75) is 19.5 Å². The first-order valence-electron chi connectivity index (χ1n) is 12.4. The molecule has 8 heteroatoms. The fraction of sp³-hybridized carbons (Fsp3) is 0.0968. The van der Waals surface area contributed by atoms with Crippen LogP contribution in [-0.2, 0) is 6.54 Å². The Morgan fingerprint density at radius 3 is 2.44 bits per heavy atom. The Bertz CT molecular complexity index is 1710. The SMILES string of the molecule is CC(NC(=O)c1ccc2c(ccn2Cc2ccccc2-c2cccc(C(=O)O)c2)c1)c1ccc([N+](=O)[O-])cc1. The van der Waals surface area contributed by atoms with Crippen LogP contribution in [0.2, 0.25) is 0 Å². The lowest BCUT2D eigenvalue weighted by molar-refractivity contribution is -0.384. The van der Waals surface area contributed by atoms with Gasteiger partial charge in [-0.1, -0.05) is 48.5 Å². The van der Waals surface area contributed by atoms with Gasteiger partial charge in [0.1, 0.15) is 0 Å². The minimum Gasteiger partial charge on any atom is -0.478 e. The van der Waals surface area contributed by atoms with Gasteiger partial charge >= 0.3 is 5.97 Å². The highest BCUT2D eigenvalue weighted by atomic mass is 16.6. The van der Waals surface area contributed by atoms with E-state index < -0.39 is 10.9 Å². The van der Waals surface area contributed by atoms with Crippen molar-refractivity contribution < 1.29 is 19.6 Å². The average Bonchev–Trinajstić information content (AvgIpc) is 3.35. The van der Waals surface area contributed by atoms with Crippen molar-refractivity contribution in [1.29, 1.82) is 0 Å². The zero-order chi connectivity index (χ0) is 27.5. The number of carboxylic acids is 1. The van der Waals surface area contributed by atoms with Crippen LogP contribution >= 0.6 is 0 Å². The van der Waals surface area contributed by atoms with Crippen molar-refractivity contribution in [3.63, 3.8) is 0 Å². The minimum absolute atomic E-state index is 0.00337. The number of nitrogens with one attached hydrogen (secondary N) is 1. The van der Waals surface area contributed by atoms with Crippen LogP contribution in [0.25, 0.3) is 22.0 Å². The van der Waals surface area contributed by atoms with Crippen LogP contribution in [0.4, 0.5) is 5.69 Å². The lowest BCUT2D eigenvalue weighted by Gasteiger charge is -2.15. The average molecular weight is 520 g/mol. The Morgan fingerprint density at radius 2 is 1.69 bits per heavy atom. The van der Waals surface area contributed by atoms with E-state index in [2.05, 4.69) is 9.88 Å². The van der Waals surface area contributed by atoms with Gasteiger partial charge in [0.25, 0.3) is 11.6 Å². The summed E-state index contributed by atoms with van der Waals surface area (Å²) in [5.74, 6) is -1.20. The molecule has 39 heavy (non-hydrogen) atoms. The van der Waals surface area contributed by atoms with E-state index in [1.807, 2.05) is 61.7 Å². The third-order valence-electron chi connectivity index (χ3n) is 6.76. The number of nitrogens with zero attached hydrogens (tertiary/aromatic N) is 2. The van der Waals surface area contributed by atoms with E-state index in [1.54, 1.807) is 36.4 Å². The first-order chi connectivity index (χ1) is 18.8. The number of carboxylic acid groups (broad SMARTS) is 1. The number of hydrogen-bond donors (Lipinski definition) is 2. The number of hydrogen-bond acceptors (Lipinski definition) is 4. The molecule has 1 heterocycles. The maximum Gasteiger partial charge on any atom is 0.335 e. The molecule has 1 atom stereocenters. The van der Waals surface area contributed by atoms with Gasteiger partial charge < -0.3 is 15.0 Å². The predicted octanol–water partition coefficient (Wildman–Crippen LogP) is 6.45. The summed E-state index contributed by atoms with van der Waals surface area (Å²) in [4.78, 5) is 34.8. The number of carbonyl (C=O) groups is 2. The van der Waals surface area contributed by atoms with E-state index in [0.717, 1.165) is 33.2 Å². The predicted molar refractivity (Wildman–Crippen MR) is 149 cm³/mol. The maximum atomic E-state index is 13.0. The summed E-state index contributed by atoms with van der Waals surface area (Å²) >= 11 is 0. The number of carbonyl (C=O) groups excluding carboxylic acids is 1. The fourth-order valence-corrected chi connectivity index (χ4v) is 4.67. The van der Waals surface area contributed by atoms with Crippen molar-refractivity contribution in [2.75, 3.05) is 0 Å². The smallest absolute Gasteiger partial charge is 0.335 e. The standard InChI is InChI=1S/C31H25N3O5/c1-20(21-9-12-27(13-10-21)34(38)39)32-30(35)24-11-14-29-23(18-24)15-16-33(29)19-26-5-2-3-8-28(26)22-6-4-7-25(17-22)31(36)37/h2-18,20H,19H2,1H3,(H,32,35)(H,36,37). The molecular formula is C31H25N3O5. The highest BCUT2D eigenvalue weighted by molar-refractivity contribution is 5.98. The molecule has 0 aliphatic rings. The number of non-ortho nitro benzene ring substituents is 1. The van der Waals surface area contributed by atoms with E-state index in [4.69, 9.17) is 0 Å². The number of nitro groups is 1. The number of fused-ring (bicyclic) bond motifs is 1. The maximum absolute atomic E-state index is 13.0. The highest BCUT2D eigenvalue weighted by Gasteiger charge is 2.15. The zero-order valence-electron chi connectivity index (χ0n) is 21.1. The van der Waals surface area contributed by atoms with Gasteiger partial charge in [-0.25, -0.2) is 4.79 Å². The van der Waals surface area contributed by atoms with E-state index in [-0.39, 0.29) is 23.2 Å². The molecule has 0 saturated carbocycles. The number of nitro benzene ring substituents is 1. The van der Waals surface area contributed by atoms with Crippen LogP contribution in [-0.4, -0.2) is 26.5 Å². The molecule has 0 aliphatic heterocycles. The van der Waals surface area contributed by atoms with Gasteiger partial charge in [0.05, 0.1) is 16.5 Å². The van der Waals surface area contributed by atoms with Crippen LogP contribution in [0.3, 0.4) is 0 Å². The molecule has 0 spiro atoms. The van der Waals surface area contributed by atoms with E-state index in [1.165, 1.54) is 12.1 Å².